The third kappa shape index (κ3) is 3.96. The lowest BCUT2D eigenvalue weighted by molar-refractivity contribution is 0.601. The summed E-state index contributed by atoms with van der Waals surface area (Å²) in [6.07, 6.45) is 0. The number of halogens is 1. The molecule has 0 atom stereocenters. The van der Waals surface area contributed by atoms with E-state index in [0.717, 1.165) is 14.7 Å². The van der Waals surface area contributed by atoms with E-state index in [1.54, 1.807) is 18.2 Å². The molecule has 0 aliphatic carbocycles. The molecule has 0 aliphatic heterocycles. The third-order valence-corrected chi connectivity index (χ3v) is 5.42. The Morgan fingerprint density at radius 3 is 2.52 bits per heavy atom. The molecular formula is C15H17IN2O2S. The van der Waals surface area contributed by atoms with Gasteiger partial charge in [-0.1, -0.05) is 18.2 Å². The molecule has 0 amide bonds. The van der Waals surface area contributed by atoms with Gasteiger partial charge >= 0.3 is 0 Å². The van der Waals surface area contributed by atoms with Crippen molar-refractivity contribution < 1.29 is 8.42 Å². The number of hydrogen-bond donors (Lipinski definition) is 2. The van der Waals surface area contributed by atoms with E-state index in [1.165, 1.54) is 0 Å². The number of sulfonamides is 1. The lowest BCUT2D eigenvalue weighted by Gasteiger charge is -2.12. The van der Waals surface area contributed by atoms with Crippen LogP contribution in [-0.4, -0.2) is 15.5 Å². The molecule has 0 aliphatic rings. The van der Waals surface area contributed by atoms with Crippen LogP contribution in [-0.2, 0) is 16.6 Å². The van der Waals surface area contributed by atoms with Crippen molar-refractivity contribution in [2.75, 3.05) is 11.8 Å². The van der Waals surface area contributed by atoms with Crippen molar-refractivity contribution in [1.82, 2.24) is 5.32 Å². The number of aryl methyl sites for hydroxylation is 1. The zero-order chi connectivity index (χ0) is 15.5. The van der Waals surface area contributed by atoms with Crippen LogP contribution in [0.25, 0.3) is 0 Å². The molecule has 0 fully saturated rings. The molecule has 0 bridgehead atoms. The van der Waals surface area contributed by atoms with Crippen LogP contribution in [0.1, 0.15) is 11.1 Å². The molecule has 0 saturated heterocycles. The fourth-order valence-corrected chi connectivity index (χ4v) is 3.78. The molecule has 21 heavy (non-hydrogen) atoms. The van der Waals surface area contributed by atoms with Gasteiger partial charge in [-0.3, -0.25) is 4.72 Å². The van der Waals surface area contributed by atoms with Crippen molar-refractivity contribution >= 4 is 38.3 Å². The number of anilines is 1. The summed E-state index contributed by atoms with van der Waals surface area (Å²) in [5.74, 6) is 0. The molecule has 0 spiro atoms. The molecule has 2 aromatic carbocycles. The van der Waals surface area contributed by atoms with Crippen molar-refractivity contribution in [3.63, 3.8) is 0 Å². The molecule has 0 unspecified atom stereocenters. The standard InChI is InChI=1S/C15H17IN2O2S/c1-11-7-8-13(9-12(11)10-17-2)21(19,20)18-15-6-4-3-5-14(15)16/h3-9,17-18H,10H2,1-2H3. The minimum Gasteiger partial charge on any atom is -0.316 e. The Morgan fingerprint density at radius 1 is 1.14 bits per heavy atom. The summed E-state index contributed by atoms with van der Waals surface area (Å²) in [5, 5.41) is 3.05. The first-order valence-corrected chi connectivity index (χ1v) is 9.01. The number of para-hydroxylation sites is 1. The van der Waals surface area contributed by atoms with Gasteiger partial charge in [-0.05, 0) is 72.0 Å². The van der Waals surface area contributed by atoms with Gasteiger partial charge in [-0.2, -0.15) is 0 Å². The van der Waals surface area contributed by atoms with Crippen molar-refractivity contribution in [3.05, 3.63) is 57.2 Å². The predicted octanol–water partition coefficient (Wildman–Crippen LogP) is 3.12. The van der Waals surface area contributed by atoms with Crippen molar-refractivity contribution in [3.8, 4) is 0 Å². The Labute approximate surface area is 139 Å². The van der Waals surface area contributed by atoms with Crippen LogP contribution < -0.4 is 10.0 Å². The molecular weight excluding hydrogens is 399 g/mol. The Morgan fingerprint density at radius 2 is 1.86 bits per heavy atom. The van der Waals surface area contributed by atoms with E-state index in [0.29, 0.717) is 12.2 Å². The van der Waals surface area contributed by atoms with Gasteiger partial charge in [-0.25, -0.2) is 8.42 Å². The number of rotatable bonds is 5. The van der Waals surface area contributed by atoms with Gasteiger partial charge in [0.2, 0.25) is 0 Å². The fourth-order valence-electron chi connectivity index (χ4n) is 1.94. The van der Waals surface area contributed by atoms with Crippen molar-refractivity contribution in [1.29, 1.82) is 0 Å². The number of benzene rings is 2. The smallest absolute Gasteiger partial charge is 0.261 e. The lowest BCUT2D eigenvalue weighted by atomic mass is 10.1. The highest BCUT2D eigenvalue weighted by Crippen LogP contribution is 2.22. The number of nitrogens with one attached hydrogen (secondary N) is 2. The van der Waals surface area contributed by atoms with E-state index in [4.69, 9.17) is 0 Å². The second-order valence-electron chi connectivity index (χ2n) is 4.70. The zero-order valence-electron chi connectivity index (χ0n) is 11.9. The monoisotopic (exact) mass is 416 g/mol. The van der Waals surface area contributed by atoms with Gasteiger partial charge in [0.15, 0.2) is 0 Å². The Kier molecular flexibility index (Phi) is 5.23. The van der Waals surface area contributed by atoms with E-state index in [-0.39, 0.29) is 4.90 Å². The first-order valence-electron chi connectivity index (χ1n) is 6.45. The molecule has 4 nitrogen and oxygen atoms in total. The van der Waals surface area contributed by atoms with E-state index >= 15 is 0 Å². The second-order valence-corrected chi connectivity index (χ2v) is 7.55. The summed E-state index contributed by atoms with van der Waals surface area (Å²) in [7, 11) is -1.74. The van der Waals surface area contributed by atoms with E-state index in [9.17, 15) is 8.42 Å². The Balaban J connectivity index is 2.36. The van der Waals surface area contributed by atoms with Gasteiger partial charge in [0.05, 0.1) is 10.6 Å². The molecule has 6 heteroatoms. The molecule has 0 radical (unpaired) electrons. The van der Waals surface area contributed by atoms with Crippen LogP contribution in [0.3, 0.4) is 0 Å². The van der Waals surface area contributed by atoms with Crippen LogP contribution in [0.5, 0.6) is 0 Å². The van der Waals surface area contributed by atoms with Crippen LogP contribution in [0.15, 0.2) is 47.4 Å². The predicted molar refractivity (Wildman–Crippen MR) is 93.9 cm³/mol. The SMILES string of the molecule is CNCc1cc(S(=O)(=O)Nc2ccccc2I)ccc1C. The lowest BCUT2D eigenvalue weighted by Crippen LogP contribution is -2.15. The van der Waals surface area contributed by atoms with E-state index in [1.807, 2.05) is 38.2 Å². The number of hydrogen-bond acceptors (Lipinski definition) is 3. The minimum atomic E-state index is -3.58. The van der Waals surface area contributed by atoms with Crippen molar-refractivity contribution in [2.24, 2.45) is 0 Å². The van der Waals surface area contributed by atoms with E-state index < -0.39 is 10.0 Å². The highest BCUT2D eigenvalue weighted by molar-refractivity contribution is 14.1. The Hall–Kier alpha value is -1.12. The van der Waals surface area contributed by atoms with Gasteiger partial charge in [0, 0.05) is 10.1 Å². The molecule has 0 heterocycles. The highest BCUT2D eigenvalue weighted by atomic mass is 127. The highest BCUT2D eigenvalue weighted by Gasteiger charge is 2.16. The van der Waals surface area contributed by atoms with Crippen LogP contribution in [0, 0.1) is 10.5 Å². The normalized spacial score (nSPS) is 11.4. The third-order valence-electron chi connectivity index (χ3n) is 3.12. The quantitative estimate of drug-likeness (QED) is 0.737. The molecule has 112 valence electrons. The summed E-state index contributed by atoms with van der Waals surface area (Å²) in [5.41, 5.74) is 2.63. The summed E-state index contributed by atoms with van der Waals surface area (Å²) in [6, 6.07) is 12.5. The first kappa shape index (κ1) is 16.3. The Bertz CT molecular complexity index is 745. The topological polar surface area (TPSA) is 58.2 Å². The maximum absolute atomic E-state index is 12.5. The summed E-state index contributed by atoms with van der Waals surface area (Å²) in [4.78, 5) is 0.276. The van der Waals surface area contributed by atoms with Gasteiger partial charge in [0.1, 0.15) is 0 Å². The maximum Gasteiger partial charge on any atom is 0.261 e. The summed E-state index contributed by atoms with van der Waals surface area (Å²) < 4.78 is 28.5. The largest absolute Gasteiger partial charge is 0.316 e. The maximum atomic E-state index is 12.5. The summed E-state index contributed by atoms with van der Waals surface area (Å²) in [6.45, 7) is 2.61. The average molecular weight is 416 g/mol. The van der Waals surface area contributed by atoms with Crippen LogP contribution >= 0.6 is 22.6 Å². The molecule has 0 aromatic heterocycles. The second kappa shape index (κ2) is 6.76. The molecule has 2 rings (SSSR count). The van der Waals surface area contributed by atoms with E-state index in [2.05, 4.69) is 32.6 Å². The minimum absolute atomic E-state index is 0.276. The molecule has 2 N–H and O–H groups in total. The zero-order valence-corrected chi connectivity index (χ0v) is 14.8. The van der Waals surface area contributed by atoms with Gasteiger partial charge < -0.3 is 5.32 Å². The molecule has 0 saturated carbocycles. The summed E-state index contributed by atoms with van der Waals surface area (Å²) >= 11 is 2.11. The average Bonchev–Trinajstić information content (AvgIpc) is 2.44. The van der Waals surface area contributed by atoms with Crippen LogP contribution in [0.4, 0.5) is 5.69 Å². The van der Waals surface area contributed by atoms with Gasteiger partial charge in [-0.15, -0.1) is 0 Å². The van der Waals surface area contributed by atoms with Crippen LogP contribution in [0.2, 0.25) is 0 Å². The molecule has 2 aromatic rings. The first-order chi connectivity index (χ1) is 9.94. The van der Waals surface area contributed by atoms with Crippen molar-refractivity contribution in [2.45, 2.75) is 18.4 Å². The fraction of sp³-hybridized carbons (Fsp3) is 0.200. The van der Waals surface area contributed by atoms with Gasteiger partial charge in [0.25, 0.3) is 10.0 Å².